The highest BCUT2D eigenvalue weighted by molar-refractivity contribution is 5.89. The Balaban J connectivity index is 1.53. The lowest BCUT2D eigenvalue weighted by Crippen LogP contribution is -2.52. The molecule has 0 radical (unpaired) electrons. The molecule has 3 N–H and O–H groups in total. The summed E-state index contributed by atoms with van der Waals surface area (Å²) in [5, 5.41) is 3.14. The van der Waals surface area contributed by atoms with E-state index in [1.807, 2.05) is 6.07 Å². The van der Waals surface area contributed by atoms with Crippen LogP contribution in [0.2, 0.25) is 0 Å². The first kappa shape index (κ1) is 24.9. The van der Waals surface area contributed by atoms with Crippen molar-refractivity contribution in [3.63, 3.8) is 0 Å². The summed E-state index contributed by atoms with van der Waals surface area (Å²) >= 11 is 0. The first-order valence-corrected chi connectivity index (χ1v) is 12.1. The molecule has 1 aliphatic heterocycles. The fraction of sp³-hybridized carbons (Fsp3) is 0.222. The molecule has 10 nitrogen and oxygen atoms in total. The first-order chi connectivity index (χ1) is 18.4. The summed E-state index contributed by atoms with van der Waals surface area (Å²) in [6.45, 7) is 1.38. The first-order valence-electron chi connectivity index (χ1n) is 12.1. The van der Waals surface area contributed by atoms with Gasteiger partial charge in [0.05, 0.1) is 30.2 Å². The van der Waals surface area contributed by atoms with Crippen LogP contribution in [0.3, 0.4) is 0 Å². The third-order valence-corrected chi connectivity index (χ3v) is 6.33. The van der Waals surface area contributed by atoms with Crippen LogP contribution >= 0.6 is 0 Å². The highest BCUT2D eigenvalue weighted by Gasteiger charge is 2.18. The smallest absolute Gasteiger partial charge is 0.261 e. The summed E-state index contributed by atoms with van der Waals surface area (Å²) in [7, 11) is 1.48. The number of aryl methyl sites for hydroxylation is 1. The van der Waals surface area contributed by atoms with E-state index in [-0.39, 0.29) is 36.9 Å². The monoisotopic (exact) mass is 515 g/mol. The van der Waals surface area contributed by atoms with Crippen LogP contribution in [0.5, 0.6) is 5.75 Å². The second kappa shape index (κ2) is 10.7. The number of carbonyl (C=O) groups excluding carboxylic acids is 1. The van der Waals surface area contributed by atoms with Gasteiger partial charge in [0.1, 0.15) is 17.4 Å². The van der Waals surface area contributed by atoms with E-state index >= 15 is 0 Å². The van der Waals surface area contributed by atoms with Gasteiger partial charge in [-0.1, -0.05) is 6.07 Å². The Morgan fingerprint density at radius 3 is 2.82 bits per heavy atom. The van der Waals surface area contributed by atoms with Gasteiger partial charge in [-0.05, 0) is 48.4 Å². The number of aromatic nitrogens is 3. The summed E-state index contributed by atoms with van der Waals surface area (Å²) in [5.41, 5.74) is 7.93. The van der Waals surface area contributed by atoms with Crippen molar-refractivity contribution in [3.8, 4) is 17.1 Å². The molecular weight excluding hydrogens is 489 g/mol. The second-order valence-electron chi connectivity index (χ2n) is 8.78. The average molecular weight is 516 g/mol. The Kier molecular flexibility index (Phi) is 6.98. The molecule has 1 saturated heterocycles. The van der Waals surface area contributed by atoms with Crippen molar-refractivity contribution in [2.45, 2.75) is 13.0 Å². The number of carbonyl (C=O) groups is 1. The van der Waals surface area contributed by atoms with Gasteiger partial charge in [-0.15, -0.1) is 0 Å². The van der Waals surface area contributed by atoms with Gasteiger partial charge in [-0.3, -0.25) is 19.1 Å². The number of guanidine groups is 1. The molecule has 0 unspecified atom stereocenters. The van der Waals surface area contributed by atoms with E-state index in [0.29, 0.717) is 52.4 Å². The molecular formula is C27H26FN7O3. The molecule has 5 rings (SSSR count). The highest BCUT2D eigenvalue weighted by Crippen LogP contribution is 2.23. The van der Waals surface area contributed by atoms with Gasteiger partial charge in [0.15, 0.2) is 5.96 Å². The zero-order valence-corrected chi connectivity index (χ0v) is 20.7. The van der Waals surface area contributed by atoms with Gasteiger partial charge in [0.25, 0.3) is 5.56 Å². The van der Waals surface area contributed by atoms with Crippen LogP contribution in [0.4, 0.5) is 10.1 Å². The molecule has 0 aliphatic carbocycles. The number of amides is 1. The van der Waals surface area contributed by atoms with Gasteiger partial charge in [0.2, 0.25) is 5.91 Å². The second-order valence-corrected chi connectivity index (χ2v) is 8.78. The predicted octanol–water partition coefficient (Wildman–Crippen LogP) is 2.23. The van der Waals surface area contributed by atoms with Crippen molar-refractivity contribution in [2.75, 3.05) is 26.7 Å². The highest BCUT2D eigenvalue weighted by atomic mass is 19.1. The summed E-state index contributed by atoms with van der Waals surface area (Å²) in [6, 6.07) is 13.2. The van der Waals surface area contributed by atoms with E-state index in [4.69, 9.17) is 15.5 Å². The zero-order chi connectivity index (χ0) is 26.6. The summed E-state index contributed by atoms with van der Waals surface area (Å²) < 4.78 is 21.2. The molecule has 3 heterocycles. The van der Waals surface area contributed by atoms with Crippen molar-refractivity contribution < 1.29 is 13.9 Å². The molecule has 1 aliphatic rings. The molecule has 0 spiro atoms. The SMILES string of the molecule is COc1ccc(CCn2c(-c3cccnc3)nc3cc(N=C(N)N4CCNC(=O)C4)ccc3c2=O)c(F)c1. The number of nitrogens with one attached hydrogen (secondary N) is 1. The predicted molar refractivity (Wildman–Crippen MR) is 142 cm³/mol. The topological polar surface area (TPSA) is 128 Å². The van der Waals surface area contributed by atoms with Crippen LogP contribution in [0.25, 0.3) is 22.3 Å². The summed E-state index contributed by atoms with van der Waals surface area (Å²) in [5.74, 6) is 0.522. The Labute approximate surface area is 217 Å². The molecule has 11 heteroatoms. The van der Waals surface area contributed by atoms with Gasteiger partial charge < -0.3 is 20.7 Å². The molecule has 4 aromatic rings. The molecule has 0 saturated carbocycles. The minimum absolute atomic E-state index is 0.120. The van der Waals surface area contributed by atoms with Crippen LogP contribution in [-0.2, 0) is 17.8 Å². The molecule has 194 valence electrons. The minimum atomic E-state index is -0.402. The molecule has 38 heavy (non-hydrogen) atoms. The number of ether oxygens (including phenoxy) is 1. The van der Waals surface area contributed by atoms with Crippen LogP contribution in [0.15, 0.2) is 70.7 Å². The third kappa shape index (κ3) is 5.17. The van der Waals surface area contributed by atoms with Crippen molar-refractivity contribution in [3.05, 3.63) is 82.7 Å². The van der Waals surface area contributed by atoms with E-state index in [1.165, 1.54) is 17.7 Å². The fourth-order valence-corrected chi connectivity index (χ4v) is 4.33. The standard InChI is InChI=1S/C27H26FN7O3/c1-38-20-6-4-17(22(28)14-20)8-11-35-25(18-3-2-9-30-15-18)33-23-13-19(5-7-21(23)26(35)37)32-27(29)34-12-10-31-24(36)16-34/h2-7,9,13-15H,8,10-12,16H2,1H3,(H2,29,32)(H,31,36). The van der Waals surface area contributed by atoms with Crippen molar-refractivity contribution in [1.82, 2.24) is 24.8 Å². The Morgan fingerprint density at radius 2 is 2.08 bits per heavy atom. The van der Waals surface area contributed by atoms with Crippen molar-refractivity contribution in [2.24, 2.45) is 10.7 Å². The molecule has 2 aromatic heterocycles. The minimum Gasteiger partial charge on any atom is -0.497 e. The largest absolute Gasteiger partial charge is 0.497 e. The van der Waals surface area contributed by atoms with E-state index in [2.05, 4.69) is 15.3 Å². The maximum absolute atomic E-state index is 14.6. The molecule has 0 bridgehead atoms. The van der Waals surface area contributed by atoms with Crippen LogP contribution in [0, 0.1) is 5.82 Å². The van der Waals surface area contributed by atoms with E-state index in [0.717, 1.165) is 0 Å². The lowest BCUT2D eigenvalue weighted by molar-refractivity contribution is -0.122. The number of nitrogens with zero attached hydrogens (tertiary/aromatic N) is 5. The Hall–Kier alpha value is -4.80. The quantitative estimate of drug-likeness (QED) is 0.298. The number of pyridine rings is 1. The van der Waals surface area contributed by atoms with E-state index in [1.54, 1.807) is 53.7 Å². The zero-order valence-electron chi connectivity index (χ0n) is 20.7. The fourth-order valence-electron chi connectivity index (χ4n) is 4.33. The lowest BCUT2D eigenvalue weighted by Gasteiger charge is -2.27. The van der Waals surface area contributed by atoms with E-state index < -0.39 is 5.82 Å². The molecule has 2 aromatic carbocycles. The van der Waals surface area contributed by atoms with Gasteiger partial charge >= 0.3 is 0 Å². The number of aliphatic imine (C=N–C) groups is 1. The van der Waals surface area contributed by atoms with Gasteiger partial charge in [0, 0.05) is 43.7 Å². The Bertz CT molecular complexity index is 1590. The molecule has 1 amide bonds. The van der Waals surface area contributed by atoms with E-state index in [9.17, 15) is 14.0 Å². The maximum Gasteiger partial charge on any atom is 0.261 e. The number of methoxy groups -OCH3 is 1. The summed E-state index contributed by atoms with van der Waals surface area (Å²) in [6.07, 6.45) is 3.54. The number of nitrogens with two attached hydrogens (primary N) is 1. The van der Waals surface area contributed by atoms with Crippen molar-refractivity contribution in [1.29, 1.82) is 0 Å². The third-order valence-electron chi connectivity index (χ3n) is 6.33. The molecule has 1 fully saturated rings. The number of halogens is 1. The number of rotatable bonds is 6. The number of piperazine rings is 1. The number of hydrogen-bond acceptors (Lipinski definition) is 6. The Morgan fingerprint density at radius 1 is 1.21 bits per heavy atom. The van der Waals surface area contributed by atoms with Gasteiger partial charge in [-0.2, -0.15) is 0 Å². The van der Waals surface area contributed by atoms with Crippen LogP contribution < -0.4 is 21.3 Å². The normalized spacial score (nSPS) is 14.0. The van der Waals surface area contributed by atoms with Gasteiger partial charge in [-0.25, -0.2) is 14.4 Å². The number of benzene rings is 2. The van der Waals surface area contributed by atoms with Crippen LogP contribution in [-0.4, -0.2) is 58.0 Å². The number of hydrogen-bond donors (Lipinski definition) is 2. The average Bonchev–Trinajstić information content (AvgIpc) is 2.93. The van der Waals surface area contributed by atoms with Crippen molar-refractivity contribution >= 4 is 28.5 Å². The summed E-state index contributed by atoms with van der Waals surface area (Å²) in [4.78, 5) is 40.4. The number of fused-ring (bicyclic) bond motifs is 1. The maximum atomic E-state index is 14.6. The van der Waals surface area contributed by atoms with Crippen LogP contribution in [0.1, 0.15) is 5.56 Å². The lowest BCUT2D eigenvalue weighted by atomic mass is 10.1. The molecule has 0 atom stereocenters.